The number of ketones is 1. The molecule has 1 unspecified atom stereocenters. The molecule has 0 aromatic heterocycles. The number of Topliss-reactive ketones (excluding diaryl/α,β-unsaturated/α-hetero) is 1. The van der Waals surface area contributed by atoms with Gasteiger partial charge in [0.25, 0.3) is 5.91 Å². The molecule has 13 heavy (non-hydrogen) atoms. The SMILES string of the molecule is COC1(C)C=C(C)C(=O)C(=O)N1C. The lowest BCUT2D eigenvalue weighted by Gasteiger charge is -2.37. The van der Waals surface area contributed by atoms with Crippen LogP contribution in [0.2, 0.25) is 0 Å². The number of methoxy groups -OCH3 is 1. The third kappa shape index (κ3) is 1.37. The van der Waals surface area contributed by atoms with E-state index in [1.165, 1.54) is 12.0 Å². The number of amides is 1. The lowest BCUT2D eigenvalue weighted by Crippen LogP contribution is -2.53. The zero-order chi connectivity index (χ0) is 10.2. The fraction of sp³-hybridized carbons (Fsp3) is 0.556. The third-order valence-electron chi connectivity index (χ3n) is 2.42. The predicted octanol–water partition coefficient (Wildman–Crippen LogP) is 0.336. The first-order chi connectivity index (χ1) is 5.92. The van der Waals surface area contributed by atoms with Crippen molar-refractivity contribution in [2.45, 2.75) is 19.6 Å². The van der Waals surface area contributed by atoms with Crippen molar-refractivity contribution >= 4 is 11.7 Å². The molecule has 0 radical (unpaired) electrons. The average Bonchev–Trinajstić information content (AvgIpc) is 2.12. The van der Waals surface area contributed by atoms with Gasteiger partial charge >= 0.3 is 0 Å². The fourth-order valence-electron chi connectivity index (χ4n) is 1.28. The van der Waals surface area contributed by atoms with Crippen LogP contribution in [0.1, 0.15) is 13.8 Å². The van der Waals surface area contributed by atoms with Crippen molar-refractivity contribution in [3.05, 3.63) is 11.6 Å². The van der Waals surface area contributed by atoms with E-state index < -0.39 is 17.4 Å². The molecule has 0 aliphatic carbocycles. The molecule has 4 nitrogen and oxygen atoms in total. The highest BCUT2D eigenvalue weighted by molar-refractivity contribution is 6.43. The molecule has 4 heteroatoms. The first kappa shape index (κ1) is 9.92. The summed E-state index contributed by atoms with van der Waals surface area (Å²) in [5.74, 6) is -0.985. The van der Waals surface area contributed by atoms with E-state index in [-0.39, 0.29) is 0 Å². The van der Waals surface area contributed by atoms with Gasteiger partial charge in [-0.25, -0.2) is 0 Å². The standard InChI is InChI=1S/C9H13NO3/c1-6-5-9(2,13-4)10(3)8(12)7(6)11/h5H,1-4H3. The van der Waals surface area contributed by atoms with Gasteiger partial charge in [-0.1, -0.05) is 0 Å². The van der Waals surface area contributed by atoms with Gasteiger partial charge in [0.05, 0.1) is 0 Å². The minimum atomic E-state index is -0.797. The van der Waals surface area contributed by atoms with Gasteiger partial charge in [-0.15, -0.1) is 0 Å². The number of rotatable bonds is 1. The van der Waals surface area contributed by atoms with Gasteiger partial charge in [-0.3, -0.25) is 9.59 Å². The molecule has 72 valence electrons. The fourth-order valence-corrected chi connectivity index (χ4v) is 1.28. The molecule has 1 amide bonds. The Labute approximate surface area is 77.2 Å². The van der Waals surface area contributed by atoms with Crippen molar-refractivity contribution < 1.29 is 14.3 Å². The van der Waals surface area contributed by atoms with Crippen LogP contribution < -0.4 is 0 Å². The van der Waals surface area contributed by atoms with Crippen molar-refractivity contribution in [1.82, 2.24) is 4.90 Å². The van der Waals surface area contributed by atoms with Crippen molar-refractivity contribution in [3.8, 4) is 0 Å². The zero-order valence-corrected chi connectivity index (χ0v) is 8.25. The quantitative estimate of drug-likeness (QED) is 0.550. The topological polar surface area (TPSA) is 46.6 Å². The molecular weight excluding hydrogens is 170 g/mol. The number of ether oxygens (including phenoxy) is 1. The summed E-state index contributed by atoms with van der Waals surface area (Å²) in [7, 11) is 3.05. The summed E-state index contributed by atoms with van der Waals surface area (Å²) in [6.45, 7) is 3.35. The normalized spacial score (nSPS) is 29.2. The second kappa shape index (κ2) is 2.96. The van der Waals surface area contributed by atoms with E-state index in [1.807, 2.05) is 0 Å². The maximum absolute atomic E-state index is 11.4. The largest absolute Gasteiger partial charge is 0.355 e. The van der Waals surface area contributed by atoms with Crippen LogP contribution in [0.25, 0.3) is 0 Å². The Balaban J connectivity index is 3.17. The number of hydrogen-bond donors (Lipinski definition) is 0. The van der Waals surface area contributed by atoms with Gasteiger partial charge < -0.3 is 9.64 Å². The Morgan fingerprint density at radius 3 is 2.46 bits per heavy atom. The summed E-state index contributed by atoms with van der Waals surface area (Å²) >= 11 is 0. The monoisotopic (exact) mass is 183 g/mol. The molecule has 0 N–H and O–H groups in total. The van der Waals surface area contributed by atoms with Crippen LogP contribution in [0.5, 0.6) is 0 Å². The zero-order valence-electron chi connectivity index (χ0n) is 8.25. The maximum Gasteiger partial charge on any atom is 0.296 e. The molecule has 1 rings (SSSR count). The van der Waals surface area contributed by atoms with E-state index in [1.54, 1.807) is 27.0 Å². The molecule has 0 spiro atoms. The predicted molar refractivity (Wildman–Crippen MR) is 46.9 cm³/mol. The van der Waals surface area contributed by atoms with E-state index >= 15 is 0 Å². The summed E-state index contributed by atoms with van der Waals surface area (Å²) in [6, 6.07) is 0. The van der Waals surface area contributed by atoms with Crippen LogP contribution in [0.4, 0.5) is 0 Å². The Kier molecular flexibility index (Phi) is 2.26. The second-order valence-electron chi connectivity index (χ2n) is 3.28. The van der Waals surface area contributed by atoms with Crippen molar-refractivity contribution in [2.75, 3.05) is 14.2 Å². The molecule has 1 heterocycles. The molecule has 0 saturated heterocycles. The summed E-state index contributed by atoms with van der Waals surface area (Å²) in [5.41, 5.74) is -0.359. The molecule has 1 atom stereocenters. The van der Waals surface area contributed by atoms with Gasteiger partial charge in [-0.05, 0) is 19.9 Å². The molecule has 0 aromatic carbocycles. The summed E-state index contributed by atoms with van der Waals surface area (Å²) in [6.07, 6.45) is 1.65. The first-order valence-corrected chi connectivity index (χ1v) is 3.99. The molecule has 0 bridgehead atoms. The third-order valence-corrected chi connectivity index (χ3v) is 2.42. The van der Waals surface area contributed by atoms with E-state index in [9.17, 15) is 9.59 Å². The highest BCUT2D eigenvalue weighted by Crippen LogP contribution is 2.23. The van der Waals surface area contributed by atoms with Gasteiger partial charge in [0, 0.05) is 19.7 Å². The van der Waals surface area contributed by atoms with Gasteiger partial charge in [0.1, 0.15) is 0 Å². The van der Waals surface area contributed by atoms with Crippen molar-refractivity contribution in [2.24, 2.45) is 0 Å². The van der Waals surface area contributed by atoms with Crippen LogP contribution in [-0.4, -0.2) is 36.5 Å². The van der Waals surface area contributed by atoms with E-state index in [0.717, 1.165) is 0 Å². The smallest absolute Gasteiger partial charge is 0.296 e. The van der Waals surface area contributed by atoms with Crippen LogP contribution in [-0.2, 0) is 14.3 Å². The lowest BCUT2D eigenvalue weighted by molar-refractivity contribution is -0.158. The molecule has 0 saturated carbocycles. The summed E-state index contributed by atoms with van der Waals surface area (Å²) in [5, 5.41) is 0. The lowest BCUT2D eigenvalue weighted by atomic mass is 10.0. The Morgan fingerprint density at radius 2 is 2.00 bits per heavy atom. The van der Waals surface area contributed by atoms with E-state index in [4.69, 9.17) is 4.74 Å². The molecule has 1 aliphatic heterocycles. The first-order valence-electron chi connectivity index (χ1n) is 3.99. The summed E-state index contributed by atoms with van der Waals surface area (Å²) < 4.78 is 5.16. The van der Waals surface area contributed by atoms with Crippen molar-refractivity contribution in [1.29, 1.82) is 0 Å². The highest BCUT2D eigenvalue weighted by atomic mass is 16.5. The number of nitrogens with zero attached hydrogens (tertiary/aromatic N) is 1. The molecular formula is C9H13NO3. The summed E-state index contributed by atoms with van der Waals surface area (Å²) in [4.78, 5) is 23.9. The van der Waals surface area contributed by atoms with Crippen LogP contribution in [0.3, 0.4) is 0 Å². The second-order valence-corrected chi connectivity index (χ2v) is 3.28. The van der Waals surface area contributed by atoms with Gasteiger partial charge in [0.2, 0.25) is 5.78 Å². The number of likely N-dealkylation sites (N-methyl/N-ethyl adjacent to an activating group) is 1. The van der Waals surface area contributed by atoms with Crippen LogP contribution in [0.15, 0.2) is 11.6 Å². The van der Waals surface area contributed by atoms with Crippen LogP contribution in [0, 0.1) is 0 Å². The number of carbonyl (C=O) groups is 2. The Bertz CT molecular complexity index is 295. The van der Waals surface area contributed by atoms with E-state index in [0.29, 0.717) is 5.57 Å². The highest BCUT2D eigenvalue weighted by Gasteiger charge is 2.39. The number of hydrogen-bond acceptors (Lipinski definition) is 3. The van der Waals surface area contributed by atoms with Crippen LogP contribution >= 0.6 is 0 Å². The van der Waals surface area contributed by atoms with Crippen molar-refractivity contribution in [3.63, 3.8) is 0 Å². The minimum Gasteiger partial charge on any atom is -0.355 e. The average molecular weight is 183 g/mol. The minimum absolute atomic E-state index is 0.437. The van der Waals surface area contributed by atoms with Gasteiger partial charge in [-0.2, -0.15) is 0 Å². The molecule has 0 fully saturated rings. The maximum atomic E-state index is 11.4. The Hall–Kier alpha value is -1.16. The molecule has 0 aromatic rings. The van der Waals surface area contributed by atoms with Gasteiger partial charge in [0.15, 0.2) is 5.72 Å². The number of carbonyl (C=O) groups excluding carboxylic acids is 2. The van der Waals surface area contributed by atoms with E-state index in [2.05, 4.69) is 0 Å². The molecule has 1 aliphatic rings. The Morgan fingerprint density at radius 1 is 1.46 bits per heavy atom.